The number of rotatable bonds is 9. The Kier molecular flexibility index (Phi) is 8.01. The van der Waals surface area contributed by atoms with Gasteiger partial charge in [0, 0.05) is 32.2 Å². The number of carbonyl (C=O) groups excluding carboxylic acids is 1. The molecule has 4 heteroatoms. The predicted octanol–water partition coefficient (Wildman–Crippen LogP) is 3.83. The molecule has 0 spiro atoms. The lowest BCUT2D eigenvalue weighted by atomic mass is 10.0. The predicted molar refractivity (Wildman–Crippen MR) is 114 cm³/mol. The normalized spacial score (nSPS) is 11.2. The minimum absolute atomic E-state index is 0.0788. The Morgan fingerprint density at radius 3 is 2.11 bits per heavy atom. The van der Waals surface area contributed by atoms with E-state index in [4.69, 9.17) is 0 Å². The number of hydrogen-bond acceptors (Lipinski definition) is 3. The summed E-state index contributed by atoms with van der Waals surface area (Å²) in [6, 6.07) is 16.5. The molecule has 0 heterocycles. The lowest BCUT2D eigenvalue weighted by Gasteiger charge is -2.23. The Bertz CT molecular complexity index is 721. The Hall–Kier alpha value is -2.17. The van der Waals surface area contributed by atoms with Gasteiger partial charge in [-0.2, -0.15) is 0 Å². The van der Waals surface area contributed by atoms with Crippen molar-refractivity contribution in [1.82, 2.24) is 14.7 Å². The van der Waals surface area contributed by atoms with Crippen molar-refractivity contribution in [2.75, 3.05) is 47.3 Å². The van der Waals surface area contributed by atoms with E-state index in [9.17, 15) is 4.79 Å². The van der Waals surface area contributed by atoms with E-state index in [1.165, 1.54) is 11.1 Å². The molecular formula is C23H33N3O. The lowest BCUT2D eigenvalue weighted by Crippen LogP contribution is -2.36. The van der Waals surface area contributed by atoms with Crippen molar-refractivity contribution in [1.29, 1.82) is 0 Å². The first-order valence-electron chi connectivity index (χ1n) is 9.76. The SMILES string of the molecule is CCN(CC)CCN(C)C(=O)c1ccc(-c2cccc(CN(C)C)c2)cc1. The topological polar surface area (TPSA) is 26.8 Å². The number of benzene rings is 2. The molecule has 0 aliphatic carbocycles. The van der Waals surface area contributed by atoms with Crippen LogP contribution in [0, 0.1) is 0 Å². The second-order valence-corrected chi connectivity index (χ2v) is 7.27. The fraction of sp³-hybridized carbons (Fsp3) is 0.435. The molecule has 2 aromatic rings. The van der Waals surface area contributed by atoms with Crippen LogP contribution >= 0.6 is 0 Å². The lowest BCUT2D eigenvalue weighted by molar-refractivity contribution is 0.0780. The summed E-state index contributed by atoms with van der Waals surface area (Å²) in [5.74, 6) is 0.0788. The minimum Gasteiger partial charge on any atom is -0.340 e. The smallest absolute Gasteiger partial charge is 0.253 e. The average Bonchev–Trinajstić information content (AvgIpc) is 2.68. The van der Waals surface area contributed by atoms with Gasteiger partial charge < -0.3 is 14.7 Å². The van der Waals surface area contributed by atoms with Crippen molar-refractivity contribution in [3.63, 3.8) is 0 Å². The molecule has 0 radical (unpaired) electrons. The van der Waals surface area contributed by atoms with Gasteiger partial charge in [0.1, 0.15) is 0 Å². The first-order valence-corrected chi connectivity index (χ1v) is 9.76. The second-order valence-electron chi connectivity index (χ2n) is 7.27. The van der Waals surface area contributed by atoms with Gasteiger partial charge in [0.05, 0.1) is 0 Å². The van der Waals surface area contributed by atoms with Crippen molar-refractivity contribution >= 4 is 5.91 Å². The zero-order valence-electron chi connectivity index (χ0n) is 17.4. The Labute approximate surface area is 164 Å². The van der Waals surface area contributed by atoms with Gasteiger partial charge in [0.2, 0.25) is 0 Å². The van der Waals surface area contributed by atoms with E-state index >= 15 is 0 Å². The summed E-state index contributed by atoms with van der Waals surface area (Å²) in [6.45, 7) is 8.90. The summed E-state index contributed by atoms with van der Waals surface area (Å²) < 4.78 is 0. The van der Waals surface area contributed by atoms with Crippen molar-refractivity contribution in [2.45, 2.75) is 20.4 Å². The van der Waals surface area contributed by atoms with E-state index in [0.29, 0.717) is 0 Å². The average molecular weight is 368 g/mol. The largest absolute Gasteiger partial charge is 0.340 e. The fourth-order valence-electron chi connectivity index (χ4n) is 3.17. The van der Waals surface area contributed by atoms with Crippen LogP contribution in [0.15, 0.2) is 48.5 Å². The third-order valence-corrected chi connectivity index (χ3v) is 4.88. The monoisotopic (exact) mass is 367 g/mol. The maximum Gasteiger partial charge on any atom is 0.253 e. The number of likely N-dealkylation sites (N-methyl/N-ethyl adjacent to an activating group) is 2. The maximum atomic E-state index is 12.7. The molecular weight excluding hydrogens is 334 g/mol. The van der Waals surface area contributed by atoms with E-state index in [-0.39, 0.29) is 5.91 Å². The minimum atomic E-state index is 0.0788. The van der Waals surface area contributed by atoms with Crippen LogP contribution in [-0.2, 0) is 6.54 Å². The van der Waals surface area contributed by atoms with Crippen LogP contribution < -0.4 is 0 Å². The number of carbonyl (C=O) groups is 1. The van der Waals surface area contributed by atoms with Crippen LogP contribution in [0.2, 0.25) is 0 Å². The zero-order chi connectivity index (χ0) is 19.8. The summed E-state index contributed by atoms with van der Waals surface area (Å²) in [5.41, 5.74) is 4.35. The molecule has 2 aromatic carbocycles. The molecule has 0 aliphatic rings. The van der Waals surface area contributed by atoms with Gasteiger partial charge >= 0.3 is 0 Å². The molecule has 27 heavy (non-hydrogen) atoms. The van der Waals surface area contributed by atoms with Crippen molar-refractivity contribution in [2.24, 2.45) is 0 Å². The van der Waals surface area contributed by atoms with Crippen LogP contribution in [-0.4, -0.2) is 67.9 Å². The van der Waals surface area contributed by atoms with Gasteiger partial charge in [-0.3, -0.25) is 4.79 Å². The van der Waals surface area contributed by atoms with E-state index in [0.717, 1.165) is 43.9 Å². The highest BCUT2D eigenvalue weighted by Gasteiger charge is 2.12. The molecule has 0 atom stereocenters. The highest BCUT2D eigenvalue weighted by Crippen LogP contribution is 2.22. The van der Waals surface area contributed by atoms with E-state index in [1.807, 2.05) is 36.2 Å². The fourth-order valence-corrected chi connectivity index (χ4v) is 3.17. The van der Waals surface area contributed by atoms with Crippen LogP contribution in [0.5, 0.6) is 0 Å². The van der Waals surface area contributed by atoms with E-state index in [1.54, 1.807) is 0 Å². The van der Waals surface area contributed by atoms with Gasteiger partial charge in [-0.1, -0.05) is 44.2 Å². The summed E-state index contributed by atoms with van der Waals surface area (Å²) in [5, 5.41) is 0. The Morgan fingerprint density at radius 2 is 1.52 bits per heavy atom. The third kappa shape index (κ3) is 6.19. The van der Waals surface area contributed by atoms with Crippen LogP contribution in [0.25, 0.3) is 11.1 Å². The first-order chi connectivity index (χ1) is 12.9. The van der Waals surface area contributed by atoms with Gasteiger partial charge in [-0.15, -0.1) is 0 Å². The van der Waals surface area contributed by atoms with E-state index in [2.05, 4.69) is 62.0 Å². The van der Waals surface area contributed by atoms with Gasteiger partial charge in [0.15, 0.2) is 0 Å². The van der Waals surface area contributed by atoms with Crippen molar-refractivity contribution in [3.05, 3.63) is 59.7 Å². The molecule has 0 aliphatic heterocycles. The molecule has 0 unspecified atom stereocenters. The molecule has 1 amide bonds. The molecule has 4 nitrogen and oxygen atoms in total. The number of hydrogen-bond donors (Lipinski definition) is 0. The van der Waals surface area contributed by atoms with Crippen LogP contribution in [0.1, 0.15) is 29.8 Å². The third-order valence-electron chi connectivity index (χ3n) is 4.88. The van der Waals surface area contributed by atoms with Crippen LogP contribution in [0.4, 0.5) is 0 Å². The summed E-state index contributed by atoms with van der Waals surface area (Å²) in [4.78, 5) is 19.0. The second kappa shape index (κ2) is 10.2. The molecule has 0 N–H and O–H groups in total. The Balaban J connectivity index is 2.05. The van der Waals surface area contributed by atoms with Gasteiger partial charge in [0.25, 0.3) is 5.91 Å². The standard InChI is InChI=1S/C23H33N3O/c1-6-26(7-2)16-15-25(5)23(27)21-13-11-20(12-14-21)22-10-8-9-19(17-22)18-24(3)4/h8-14,17H,6-7,15-16,18H2,1-5H3. The Morgan fingerprint density at radius 1 is 0.852 bits per heavy atom. The maximum absolute atomic E-state index is 12.7. The molecule has 2 rings (SSSR count). The van der Waals surface area contributed by atoms with Gasteiger partial charge in [-0.05, 0) is 62.1 Å². The highest BCUT2D eigenvalue weighted by molar-refractivity contribution is 5.94. The molecule has 0 bridgehead atoms. The summed E-state index contributed by atoms with van der Waals surface area (Å²) >= 11 is 0. The molecule has 0 fully saturated rings. The number of amides is 1. The highest BCUT2D eigenvalue weighted by atomic mass is 16.2. The van der Waals surface area contributed by atoms with E-state index < -0.39 is 0 Å². The molecule has 0 aromatic heterocycles. The van der Waals surface area contributed by atoms with Gasteiger partial charge in [-0.25, -0.2) is 0 Å². The number of nitrogens with zero attached hydrogens (tertiary/aromatic N) is 3. The molecule has 146 valence electrons. The summed E-state index contributed by atoms with van der Waals surface area (Å²) in [6.07, 6.45) is 0. The molecule has 0 saturated heterocycles. The summed E-state index contributed by atoms with van der Waals surface area (Å²) in [7, 11) is 6.03. The quantitative estimate of drug-likeness (QED) is 0.674. The zero-order valence-corrected chi connectivity index (χ0v) is 17.4. The molecule has 0 saturated carbocycles. The van der Waals surface area contributed by atoms with Crippen molar-refractivity contribution < 1.29 is 4.79 Å². The first kappa shape index (κ1) is 21.1. The van der Waals surface area contributed by atoms with Crippen molar-refractivity contribution in [3.8, 4) is 11.1 Å². The van der Waals surface area contributed by atoms with Crippen LogP contribution in [0.3, 0.4) is 0 Å².